The average Bonchev–Trinajstić information content (AvgIpc) is 2.46. The van der Waals surface area contributed by atoms with Gasteiger partial charge in [0.05, 0.1) is 0 Å². The molecular formula is C18H20ClNOSi. The molecule has 114 valence electrons. The number of benzene rings is 1. The molecule has 4 heteroatoms. The van der Waals surface area contributed by atoms with Gasteiger partial charge in [0.15, 0.2) is 5.60 Å². The molecular weight excluding hydrogens is 310 g/mol. The van der Waals surface area contributed by atoms with Crippen molar-refractivity contribution < 1.29 is 5.11 Å². The molecule has 1 atom stereocenters. The zero-order valence-electron chi connectivity index (χ0n) is 13.1. The maximum Gasteiger partial charge on any atom is 0.155 e. The van der Waals surface area contributed by atoms with Gasteiger partial charge >= 0.3 is 0 Å². The number of aliphatic hydroxyl groups is 1. The van der Waals surface area contributed by atoms with Gasteiger partial charge in [0.1, 0.15) is 8.07 Å². The zero-order valence-corrected chi connectivity index (χ0v) is 14.9. The van der Waals surface area contributed by atoms with Crippen LogP contribution in [-0.4, -0.2) is 18.2 Å². The Hall–Kier alpha value is -1.60. The van der Waals surface area contributed by atoms with Crippen molar-refractivity contribution in [3.63, 3.8) is 0 Å². The van der Waals surface area contributed by atoms with E-state index in [0.717, 1.165) is 11.3 Å². The molecule has 0 bridgehead atoms. The third-order valence-corrected chi connectivity index (χ3v) is 4.26. The van der Waals surface area contributed by atoms with Crippen LogP contribution in [-0.2, 0) is 12.0 Å². The van der Waals surface area contributed by atoms with Crippen LogP contribution in [0.1, 0.15) is 11.3 Å². The van der Waals surface area contributed by atoms with E-state index in [1.54, 1.807) is 18.3 Å². The molecule has 1 heterocycles. The summed E-state index contributed by atoms with van der Waals surface area (Å²) in [6, 6.07) is 12.9. The molecule has 2 rings (SSSR count). The van der Waals surface area contributed by atoms with Crippen molar-refractivity contribution in [3.05, 3.63) is 64.9 Å². The molecule has 0 aliphatic heterocycles. The molecule has 1 N–H and O–H groups in total. The standard InChI is InChI=1S/C18H20ClNOSi/c1-22(2,3)13-11-18(21,14-17-6-4-5-12-20-17)15-7-9-16(19)10-8-15/h4-10,12,21H,14H2,1-3H3. The van der Waals surface area contributed by atoms with Crippen LogP contribution in [0.25, 0.3) is 0 Å². The maximum atomic E-state index is 11.2. The Morgan fingerprint density at radius 2 is 1.82 bits per heavy atom. The van der Waals surface area contributed by atoms with Gasteiger partial charge in [0.25, 0.3) is 0 Å². The van der Waals surface area contributed by atoms with Gasteiger partial charge in [-0.3, -0.25) is 4.98 Å². The highest BCUT2D eigenvalue weighted by atomic mass is 35.5. The van der Waals surface area contributed by atoms with Crippen LogP contribution in [0.15, 0.2) is 48.7 Å². The summed E-state index contributed by atoms with van der Waals surface area (Å²) in [5.41, 5.74) is 3.58. The quantitative estimate of drug-likeness (QED) is 0.681. The number of halogens is 1. The molecule has 1 aromatic carbocycles. The Kier molecular flexibility index (Phi) is 5.07. The highest BCUT2D eigenvalue weighted by Crippen LogP contribution is 2.26. The lowest BCUT2D eigenvalue weighted by Crippen LogP contribution is -2.29. The summed E-state index contributed by atoms with van der Waals surface area (Å²) in [5, 5.41) is 11.8. The van der Waals surface area contributed by atoms with Crippen molar-refractivity contribution in [2.24, 2.45) is 0 Å². The molecule has 0 saturated carbocycles. The van der Waals surface area contributed by atoms with Gasteiger partial charge in [-0.05, 0) is 29.8 Å². The van der Waals surface area contributed by atoms with Gasteiger partial charge < -0.3 is 5.11 Å². The lowest BCUT2D eigenvalue weighted by atomic mass is 9.90. The first kappa shape index (κ1) is 16.8. The van der Waals surface area contributed by atoms with Crippen LogP contribution in [0.3, 0.4) is 0 Å². The number of hydrogen-bond donors (Lipinski definition) is 1. The van der Waals surface area contributed by atoms with E-state index in [-0.39, 0.29) is 0 Å². The fourth-order valence-corrected chi connectivity index (χ4v) is 2.71. The fraction of sp³-hybridized carbons (Fsp3) is 0.278. The van der Waals surface area contributed by atoms with Crippen molar-refractivity contribution in [3.8, 4) is 11.5 Å². The smallest absolute Gasteiger partial charge is 0.155 e. The number of aromatic nitrogens is 1. The Bertz CT molecular complexity index is 683. The topological polar surface area (TPSA) is 33.1 Å². The molecule has 1 aromatic heterocycles. The monoisotopic (exact) mass is 329 g/mol. The highest BCUT2D eigenvalue weighted by Gasteiger charge is 2.28. The van der Waals surface area contributed by atoms with Gasteiger partial charge in [-0.15, -0.1) is 5.54 Å². The Morgan fingerprint density at radius 1 is 1.14 bits per heavy atom. The Balaban J connectivity index is 2.43. The van der Waals surface area contributed by atoms with E-state index >= 15 is 0 Å². The second-order valence-electron chi connectivity index (χ2n) is 6.37. The van der Waals surface area contributed by atoms with Crippen LogP contribution in [0, 0.1) is 11.5 Å². The molecule has 22 heavy (non-hydrogen) atoms. The first-order valence-corrected chi connectivity index (χ1v) is 11.1. The van der Waals surface area contributed by atoms with Crippen molar-refractivity contribution in [1.82, 2.24) is 4.98 Å². The maximum absolute atomic E-state index is 11.2. The van der Waals surface area contributed by atoms with E-state index in [1.165, 1.54) is 0 Å². The van der Waals surface area contributed by atoms with Crippen molar-refractivity contribution in [2.45, 2.75) is 31.7 Å². The zero-order chi connectivity index (χ0) is 16.2. The second-order valence-corrected chi connectivity index (χ2v) is 11.6. The van der Waals surface area contributed by atoms with Crippen LogP contribution >= 0.6 is 11.6 Å². The first-order valence-electron chi connectivity index (χ1n) is 7.21. The predicted molar refractivity (Wildman–Crippen MR) is 94.4 cm³/mol. The molecule has 0 aliphatic rings. The van der Waals surface area contributed by atoms with Gasteiger partial charge in [-0.2, -0.15) is 0 Å². The van der Waals surface area contributed by atoms with Crippen molar-refractivity contribution in [1.29, 1.82) is 0 Å². The molecule has 0 radical (unpaired) electrons. The van der Waals surface area contributed by atoms with Crippen LogP contribution in [0.5, 0.6) is 0 Å². The SMILES string of the molecule is C[Si](C)(C)C#CC(O)(Cc1ccccn1)c1ccc(Cl)cc1. The van der Waals surface area contributed by atoms with Crippen molar-refractivity contribution >= 4 is 19.7 Å². The minimum Gasteiger partial charge on any atom is -0.373 e. The van der Waals surface area contributed by atoms with Gasteiger partial charge in [-0.25, -0.2) is 0 Å². The normalized spacial score (nSPS) is 13.9. The summed E-state index contributed by atoms with van der Waals surface area (Å²) in [4.78, 5) is 4.31. The van der Waals surface area contributed by atoms with Crippen molar-refractivity contribution in [2.75, 3.05) is 0 Å². The molecule has 2 nitrogen and oxygen atoms in total. The lowest BCUT2D eigenvalue weighted by molar-refractivity contribution is 0.0996. The Labute approximate surface area is 138 Å². The lowest BCUT2D eigenvalue weighted by Gasteiger charge is -2.23. The molecule has 0 saturated heterocycles. The van der Waals surface area contributed by atoms with E-state index in [0.29, 0.717) is 11.4 Å². The number of rotatable bonds is 3. The van der Waals surface area contributed by atoms with Crippen LogP contribution in [0.4, 0.5) is 0 Å². The highest BCUT2D eigenvalue weighted by molar-refractivity contribution is 6.83. The number of pyridine rings is 1. The molecule has 0 amide bonds. The Morgan fingerprint density at radius 3 is 2.36 bits per heavy atom. The number of nitrogens with zero attached hydrogens (tertiary/aromatic N) is 1. The third kappa shape index (κ3) is 4.71. The van der Waals surface area contributed by atoms with Gasteiger partial charge in [-0.1, -0.05) is 55.4 Å². The van der Waals surface area contributed by atoms with Crippen LogP contribution < -0.4 is 0 Å². The first-order chi connectivity index (χ1) is 10.3. The summed E-state index contributed by atoms with van der Waals surface area (Å²) in [6.45, 7) is 6.47. The minimum atomic E-state index is -1.60. The van der Waals surface area contributed by atoms with E-state index in [2.05, 4.69) is 36.1 Å². The third-order valence-electron chi connectivity index (χ3n) is 3.13. The molecule has 1 unspecified atom stereocenters. The van der Waals surface area contributed by atoms with E-state index < -0.39 is 13.7 Å². The van der Waals surface area contributed by atoms with E-state index in [4.69, 9.17) is 11.6 Å². The molecule has 0 aliphatic carbocycles. The van der Waals surface area contributed by atoms with Crippen LogP contribution in [0.2, 0.25) is 24.7 Å². The molecule has 0 spiro atoms. The summed E-state index contributed by atoms with van der Waals surface area (Å²) >= 11 is 5.95. The largest absolute Gasteiger partial charge is 0.373 e. The summed E-state index contributed by atoms with van der Waals surface area (Å²) < 4.78 is 0. The van der Waals surface area contributed by atoms with Gasteiger partial charge in [0.2, 0.25) is 0 Å². The van der Waals surface area contributed by atoms with E-state index in [9.17, 15) is 5.11 Å². The average molecular weight is 330 g/mol. The second kappa shape index (κ2) is 6.66. The summed E-state index contributed by atoms with van der Waals surface area (Å²) in [7, 11) is -1.60. The summed E-state index contributed by atoms with van der Waals surface area (Å²) in [6.07, 6.45) is 2.08. The fourth-order valence-electron chi connectivity index (χ4n) is 2.00. The predicted octanol–water partition coefficient (Wildman–Crippen LogP) is 4.05. The molecule has 2 aromatic rings. The number of hydrogen-bond acceptors (Lipinski definition) is 2. The minimum absolute atomic E-state index is 0.354. The molecule has 0 fully saturated rings. The van der Waals surface area contributed by atoms with E-state index in [1.807, 2.05) is 30.3 Å². The van der Waals surface area contributed by atoms with Gasteiger partial charge in [0, 0.05) is 23.3 Å². The summed E-state index contributed by atoms with van der Waals surface area (Å²) in [5.74, 6) is 3.10.